The lowest BCUT2D eigenvalue weighted by Crippen LogP contribution is -2.18. The molecule has 1 aromatic heterocycles. The van der Waals surface area contributed by atoms with E-state index in [1.54, 1.807) is 0 Å². The third-order valence-corrected chi connectivity index (χ3v) is 5.10. The summed E-state index contributed by atoms with van der Waals surface area (Å²) in [6.07, 6.45) is 2.21. The Morgan fingerprint density at radius 1 is 1.09 bits per heavy atom. The second-order valence-corrected chi connectivity index (χ2v) is 7.49. The molecule has 0 fully saturated rings. The first-order valence-electron chi connectivity index (χ1n) is 8.32. The number of hydrogen-bond donors (Lipinski definition) is 1. The number of benzene rings is 1. The molecule has 2 nitrogen and oxygen atoms in total. The molecule has 0 saturated carbocycles. The summed E-state index contributed by atoms with van der Waals surface area (Å²) in [5.41, 5.74) is 3.21. The highest BCUT2D eigenvalue weighted by Gasteiger charge is 2.23. The standard InChI is InChI=1S/C20H26BrNO/c1-14(2)19(11-10-16-6-4-7-17(21)12-16)15(3)20-9-5-8-18(13-23)22-20/h4-9,12,14-15,19,23H,10-11,13H2,1-3H3/t15?,19-/m0/s1. The van der Waals surface area contributed by atoms with Crippen LogP contribution < -0.4 is 0 Å². The van der Waals surface area contributed by atoms with Crippen molar-refractivity contribution in [3.8, 4) is 0 Å². The molecule has 2 aromatic rings. The number of aliphatic hydroxyl groups excluding tert-OH is 1. The maximum Gasteiger partial charge on any atom is 0.0853 e. The second-order valence-electron chi connectivity index (χ2n) is 6.58. The molecule has 0 saturated heterocycles. The van der Waals surface area contributed by atoms with E-state index in [4.69, 9.17) is 0 Å². The van der Waals surface area contributed by atoms with E-state index in [-0.39, 0.29) is 6.61 Å². The van der Waals surface area contributed by atoms with Crippen LogP contribution in [-0.2, 0) is 13.0 Å². The van der Waals surface area contributed by atoms with E-state index in [1.807, 2.05) is 12.1 Å². The van der Waals surface area contributed by atoms with E-state index in [1.165, 1.54) is 5.56 Å². The number of hydrogen-bond acceptors (Lipinski definition) is 2. The summed E-state index contributed by atoms with van der Waals surface area (Å²) in [6, 6.07) is 14.5. The normalized spacial score (nSPS) is 14.0. The molecule has 1 unspecified atom stereocenters. The highest BCUT2D eigenvalue weighted by molar-refractivity contribution is 9.10. The van der Waals surface area contributed by atoms with Crippen LogP contribution in [0, 0.1) is 11.8 Å². The van der Waals surface area contributed by atoms with Gasteiger partial charge in [-0.15, -0.1) is 0 Å². The molecular formula is C20H26BrNO. The molecule has 3 heteroatoms. The fourth-order valence-corrected chi connectivity index (χ4v) is 3.69. The van der Waals surface area contributed by atoms with Crippen molar-refractivity contribution in [1.82, 2.24) is 4.98 Å². The summed E-state index contributed by atoms with van der Waals surface area (Å²) < 4.78 is 1.14. The molecule has 0 bridgehead atoms. The average Bonchev–Trinajstić information content (AvgIpc) is 2.54. The van der Waals surface area contributed by atoms with E-state index in [0.29, 0.717) is 17.8 Å². The van der Waals surface area contributed by atoms with Gasteiger partial charge >= 0.3 is 0 Å². The molecule has 1 aromatic carbocycles. The molecule has 23 heavy (non-hydrogen) atoms. The summed E-state index contributed by atoms with van der Waals surface area (Å²) in [5.74, 6) is 1.54. The van der Waals surface area contributed by atoms with Crippen LogP contribution in [0.4, 0.5) is 0 Å². The Labute approximate surface area is 148 Å². The van der Waals surface area contributed by atoms with Crippen molar-refractivity contribution in [3.05, 3.63) is 63.9 Å². The van der Waals surface area contributed by atoms with Gasteiger partial charge in [0.15, 0.2) is 0 Å². The van der Waals surface area contributed by atoms with Crippen molar-refractivity contribution in [2.24, 2.45) is 11.8 Å². The quantitative estimate of drug-likeness (QED) is 0.707. The molecule has 0 aliphatic carbocycles. The van der Waals surface area contributed by atoms with Gasteiger partial charge in [-0.3, -0.25) is 4.98 Å². The van der Waals surface area contributed by atoms with E-state index in [2.05, 4.69) is 72.0 Å². The first-order valence-corrected chi connectivity index (χ1v) is 9.11. The minimum Gasteiger partial charge on any atom is -0.390 e. The van der Waals surface area contributed by atoms with Gasteiger partial charge in [0, 0.05) is 16.1 Å². The fourth-order valence-electron chi connectivity index (χ4n) is 3.25. The zero-order valence-electron chi connectivity index (χ0n) is 14.2. The predicted octanol–water partition coefficient (Wildman–Crippen LogP) is 5.34. The maximum atomic E-state index is 9.30. The van der Waals surface area contributed by atoms with Gasteiger partial charge in [0.25, 0.3) is 0 Å². The van der Waals surface area contributed by atoms with Crippen LogP contribution in [0.2, 0.25) is 0 Å². The van der Waals surface area contributed by atoms with Gasteiger partial charge in [-0.25, -0.2) is 0 Å². The smallest absolute Gasteiger partial charge is 0.0853 e. The third-order valence-electron chi connectivity index (χ3n) is 4.61. The van der Waals surface area contributed by atoms with Crippen molar-refractivity contribution in [2.45, 2.75) is 46.1 Å². The Hall–Kier alpha value is -1.19. The van der Waals surface area contributed by atoms with Crippen molar-refractivity contribution >= 4 is 15.9 Å². The summed E-state index contributed by atoms with van der Waals surface area (Å²) in [5, 5.41) is 9.30. The van der Waals surface area contributed by atoms with Crippen LogP contribution >= 0.6 is 15.9 Å². The van der Waals surface area contributed by atoms with E-state index in [0.717, 1.165) is 28.7 Å². The van der Waals surface area contributed by atoms with Crippen LogP contribution in [0.3, 0.4) is 0 Å². The highest BCUT2D eigenvalue weighted by Crippen LogP contribution is 2.33. The fraction of sp³-hybridized carbons (Fsp3) is 0.450. The maximum absolute atomic E-state index is 9.30. The lowest BCUT2D eigenvalue weighted by Gasteiger charge is -2.27. The molecule has 0 aliphatic heterocycles. The van der Waals surface area contributed by atoms with Crippen molar-refractivity contribution in [3.63, 3.8) is 0 Å². The number of aliphatic hydroxyl groups is 1. The monoisotopic (exact) mass is 375 g/mol. The molecule has 2 atom stereocenters. The molecular weight excluding hydrogens is 350 g/mol. The summed E-state index contributed by atoms with van der Waals surface area (Å²) in [7, 11) is 0. The predicted molar refractivity (Wildman–Crippen MR) is 99.4 cm³/mol. The van der Waals surface area contributed by atoms with Gasteiger partial charge in [0.1, 0.15) is 0 Å². The molecule has 124 valence electrons. The Kier molecular flexibility index (Phi) is 6.79. The number of halogens is 1. The summed E-state index contributed by atoms with van der Waals surface area (Å²) >= 11 is 3.55. The van der Waals surface area contributed by atoms with Crippen LogP contribution in [-0.4, -0.2) is 10.1 Å². The molecule has 0 radical (unpaired) electrons. The highest BCUT2D eigenvalue weighted by atomic mass is 79.9. The van der Waals surface area contributed by atoms with Crippen molar-refractivity contribution < 1.29 is 5.11 Å². The van der Waals surface area contributed by atoms with Crippen molar-refractivity contribution in [2.75, 3.05) is 0 Å². The van der Waals surface area contributed by atoms with E-state index in [9.17, 15) is 5.11 Å². The van der Waals surface area contributed by atoms with E-state index < -0.39 is 0 Å². The first kappa shape index (κ1) is 18.2. The summed E-state index contributed by atoms with van der Waals surface area (Å²) in [4.78, 5) is 4.61. The largest absolute Gasteiger partial charge is 0.390 e. The third kappa shape index (κ3) is 5.15. The molecule has 0 amide bonds. The van der Waals surface area contributed by atoms with Crippen LogP contribution in [0.15, 0.2) is 46.9 Å². The Morgan fingerprint density at radius 2 is 1.83 bits per heavy atom. The SMILES string of the molecule is CC(C)[C@H](CCc1cccc(Br)c1)C(C)c1cccc(CO)n1. The zero-order chi connectivity index (χ0) is 16.8. The second kappa shape index (κ2) is 8.60. The Balaban J connectivity index is 2.10. The van der Waals surface area contributed by atoms with Gasteiger partial charge in [-0.05, 0) is 54.5 Å². The lowest BCUT2D eigenvalue weighted by atomic mass is 9.78. The minimum absolute atomic E-state index is 0.00491. The number of aromatic nitrogens is 1. The van der Waals surface area contributed by atoms with Crippen molar-refractivity contribution in [1.29, 1.82) is 0 Å². The molecule has 0 aliphatic rings. The van der Waals surface area contributed by atoms with E-state index >= 15 is 0 Å². The Morgan fingerprint density at radius 3 is 2.48 bits per heavy atom. The van der Waals surface area contributed by atoms with Gasteiger partial charge in [-0.1, -0.05) is 54.9 Å². The van der Waals surface area contributed by atoms with Crippen LogP contribution in [0.25, 0.3) is 0 Å². The van der Waals surface area contributed by atoms with Gasteiger partial charge in [0.05, 0.1) is 12.3 Å². The molecule has 1 N–H and O–H groups in total. The summed E-state index contributed by atoms with van der Waals surface area (Å²) in [6.45, 7) is 6.84. The lowest BCUT2D eigenvalue weighted by molar-refractivity contribution is 0.274. The molecule has 2 rings (SSSR count). The number of pyridine rings is 1. The zero-order valence-corrected chi connectivity index (χ0v) is 15.8. The number of rotatable bonds is 7. The molecule has 1 heterocycles. The van der Waals surface area contributed by atoms with Gasteiger partial charge in [0.2, 0.25) is 0 Å². The first-order chi connectivity index (χ1) is 11.0. The Bertz CT molecular complexity index is 627. The topological polar surface area (TPSA) is 33.1 Å². The van der Waals surface area contributed by atoms with Crippen LogP contribution in [0.1, 0.15) is 50.1 Å². The number of aryl methyl sites for hydroxylation is 1. The van der Waals surface area contributed by atoms with Crippen LogP contribution in [0.5, 0.6) is 0 Å². The average molecular weight is 376 g/mol. The van der Waals surface area contributed by atoms with Gasteiger partial charge in [-0.2, -0.15) is 0 Å². The number of nitrogens with zero attached hydrogens (tertiary/aromatic N) is 1. The molecule has 0 spiro atoms. The van der Waals surface area contributed by atoms with Gasteiger partial charge < -0.3 is 5.11 Å². The minimum atomic E-state index is 0.00491.